The summed E-state index contributed by atoms with van der Waals surface area (Å²) in [5.74, 6) is -0.354. The fraction of sp³-hybridized carbons (Fsp3) is 0.0455. The second kappa shape index (κ2) is 6.42. The molecule has 2 aromatic carbocycles. The van der Waals surface area contributed by atoms with E-state index in [0.717, 1.165) is 22.0 Å². The van der Waals surface area contributed by atoms with E-state index in [4.69, 9.17) is 0 Å². The number of aromatic nitrogens is 4. The standard InChI is InChI=1S/C22H15FN4O/c23-18-11-15(14-5-6-19-16(10-14)7-9-24-19)3-4-17(18)13-27-20-2-1-8-25-22(20)26-12-21(27)28/h1-12,24H,13H2. The molecule has 0 saturated heterocycles. The quantitative estimate of drug-likeness (QED) is 0.519. The fourth-order valence-electron chi connectivity index (χ4n) is 3.42. The van der Waals surface area contributed by atoms with Crippen molar-refractivity contribution in [3.63, 3.8) is 0 Å². The largest absolute Gasteiger partial charge is 0.361 e. The normalized spacial score (nSPS) is 11.3. The highest BCUT2D eigenvalue weighted by molar-refractivity contribution is 5.85. The Hall–Kier alpha value is -3.80. The van der Waals surface area contributed by atoms with Crippen molar-refractivity contribution >= 4 is 22.1 Å². The predicted molar refractivity (Wildman–Crippen MR) is 107 cm³/mol. The molecular weight excluding hydrogens is 355 g/mol. The van der Waals surface area contributed by atoms with E-state index in [1.165, 1.54) is 16.8 Å². The SMILES string of the molecule is O=c1cnc2ncccc2n1Cc1ccc(-c2ccc3[nH]ccc3c2)cc1F. The van der Waals surface area contributed by atoms with Gasteiger partial charge in [0.25, 0.3) is 5.56 Å². The van der Waals surface area contributed by atoms with Gasteiger partial charge in [-0.1, -0.05) is 18.2 Å². The van der Waals surface area contributed by atoms with Gasteiger partial charge in [-0.05, 0) is 52.9 Å². The molecule has 0 aliphatic carbocycles. The predicted octanol–water partition coefficient (Wildman–Crippen LogP) is 4.13. The summed E-state index contributed by atoms with van der Waals surface area (Å²) >= 11 is 0. The molecular formula is C22H15FN4O. The van der Waals surface area contributed by atoms with E-state index in [2.05, 4.69) is 15.0 Å². The summed E-state index contributed by atoms with van der Waals surface area (Å²) in [6.07, 6.45) is 4.71. The second-order valence-corrected chi connectivity index (χ2v) is 6.61. The molecule has 5 rings (SSSR count). The Labute approximate surface area is 159 Å². The summed E-state index contributed by atoms with van der Waals surface area (Å²) in [6, 6.07) is 16.5. The molecule has 3 heterocycles. The van der Waals surface area contributed by atoms with Gasteiger partial charge < -0.3 is 4.98 Å². The first-order valence-electron chi connectivity index (χ1n) is 8.85. The molecule has 0 spiro atoms. The molecule has 1 N–H and O–H groups in total. The Morgan fingerprint density at radius 1 is 1.00 bits per heavy atom. The van der Waals surface area contributed by atoms with Crippen LogP contribution in [0.15, 0.2) is 78.0 Å². The van der Waals surface area contributed by atoms with Crippen LogP contribution in [0.25, 0.3) is 33.2 Å². The number of hydrogen-bond acceptors (Lipinski definition) is 3. The maximum absolute atomic E-state index is 14.9. The van der Waals surface area contributed by atoms with Crippen LogP contribution in [0, 0.1) is 5.82 Å². The highest BCUT2D eigenvalue weighted by Gasteiger charge is 2.10. The number of fused-ring (bicyclic) bond motifs is 2. The third-order valence-corrected chi connectivity index (χ3v) is 4.89. The lowest BCUT2D eigenvalue weighted by Gasteiger charge is -2.11. The first-order chi connectivity index (χ1) is 13.7. The average Bonchev–Trinajstić information content (AvgIpc) is 3.19. The van der Waals surface area contributed by atoms with E-state index >= 15 is 0 Å². The summed E-state index contributed by atoms with van der Waals surface area (Å²) in [5, 5.41) is 1.07. The number of benzene rings is 2. The zero-order chi connectivity index (χ0) is 19.1. The number of nitrogens with one attached hydrogen (secondary N) is 1. The monoisotopic (exact) mass is 370 g/mol. The molecule has 0 saturated carbocycles. The van der Waals surface area contributed by atoms with Gasteiger partial charge >= 0.3 is 0 Å². The highest BCUT2D eigenvalue weighted by atomic mass is 19.1. The molecule has 5 nitrogen and oxygen atoms in total. The van der Waals surface area contributed by atoms with Gasteiger partial charge in [0.05, 0.1) is 18.3 Å². The number of rotatable bonds is 3. The van der Waals surface area contributed by atoms with E-state index in [1.807, 2.05) is 36.5 Å². The number of pyridine rings is 1. The number of hydrogen-bond donors (Lipinski definition) is 1. The molecule has 0 atom stereocenters. The molecule has 0 bridgehead atoms. The van der Waals surface area contributed by atoms with Crippen LogP contribution in [0.2, 0.25) is 0 Å². The van der Waals surface area contributed by atoms with Crippen LogP contribution in [0.4, 0.5) is 4.39 Å². The van der Waals surface area contributed by atoms with E-state index in [9.17, 15) is 9.18 Å². The second-order valence-electron chi connectivity index (χ2n) is 6.61. The van der Waals surface area contributed by atoms with Crippen molar-refractivity contribution in [1.82, 2.24) is 19.5 Å². The minimum atomic E-state index is -0.354. The van der Waals surface area contributed by atoms with E-state index in [-0.39, 0.29) is 17.9 Å². The first kappa shape index (κ1) is 16.4. The van der Waals surface area contributed by atoms with Crippen LogP contribution < -0.4 is 5.56 Å². The Bertz CT molecular complexity index is 1390. The number of nitrogens with zero attached hydrogens (tertiary/aromatic N) is 3. The molecule has 3 aromatic heterocycles. The third-order valence-electron chi connectivity index (χ3n) is 4.89. The lowest BCUT2D eigenvalue weighted by atomic mass is 10.0. The van der Waals surface area contributed by atoms with Crippen LogP contribution in [-0.4, -0.2) is 19.5 Å². The van der Waals surface area contributed by atoms with Crippen molar-refractivity contribution in [3.05, 3.63) is 94.9 Å². The average molecular weight is 370 g/mol. The van der Waals surface area contributed by atoms with Crippen molar-refractivity contribution in [1.29, 1.82) is 0 Å². The summed E-state index contributed by atoms with van der Waals surface area (Å²) in [4.78, 5) is 23.6. The lowest BCUT2D eigenvalue weighted by Crippen LogP contribution is -2.21. The Balaban J connectivity index is 1.54. The Kier molecular flexibility index (Phi) is 3.76. The topological polar surface area (TPSA) is 63.6 Å². The molecule has 0 aliphatic heterocycles. The van der Waals surface area contributed by atoms with E-state index in [0.29, 0.717) is 16.7 Å². The van der Waals surface area contributed by atoms with Crippen LogP contribution in [0.1, 0.15) is 5.56 Å². The number of H-pyrrole nitrogens is 1. The molecule has 28 heavy (non-hydrogen) atoms. The van der Waals surface area contributed by atoms with E-state index < -0.39 is 0 Å². The maximum atomic E-state index is 14.9. The fourth-order valence-corrected chi connectivity index (χ4v) is 3.42. The van der Waals surface area contributed by atoms with Crippen molar-refractivity contribution < 1.29 is 4.39 Å². The molecule has 0 radical (unpaired) electrons. The summed E-state index contributed by atoms with van der Waals surface area (Å²) in [5.41, 5.74) is 3.95. The van der Waals surface area contributed by atoms with Crippen LogP contribution in [0.5, 0.6) is 0 Å². The molecule has 0 amide bonds. The first-order valence-corrected chi connectivity index (χ1v) is 8.85. The van der Waals surface area contributed by atoms with Gasteiger partial charge in [-0.25, -0.2) is 14.4 Å². The van der Waals surface area contributed by atoms with Crippen LogP contribution >= 0.6 is 0 Å². The molecule has 0 unspecified atom stereocenters. The highest BCUT2D eigenvalue weighted by Crippen LogP contribution is 2.26. The van der Waals surface area contributed by atoms with Gasteiger partial charge in [0.15, 0.2) is 5.65 Å². The number of halogens is 1. The molecule has 6 heteroatoms. The Morgan fingerprint density at radius 3 is 2.75 bits per heavy atom. The summed E-state index contributed by atoms with van der Waals surface area (Å²) in [6.45, 7) is 0.118. The van der Waals surface area contributed by atoms with Crippen molar-refractivity contribution in [2.24, 2.45) is 0 Å². The van der Waals surface area contributed by atoms with Crippen molar-refractivity contribution in [2.75, 3.05) is 0 Å². The zero-order valence-electron chi connectivity index (χ0n) is 14.8. The molecule has 0 aliphatic rings. The van der Waals surface area contributed by atoms with Gasteiger partial charge in [-0.2, -0.15) is 0 Å². The number of aromatic amines is 1. The third kappa shape index (κ3) is 2.75. The van der Waals surface area contributed by atoms with Gasteiger partial charge in [-0.3, -0.25) is 9.36 Å². The van der Waals surface area contributed by atoms with Crippen molar-refractivity contribution in [3.8, 4) is 11.1 Å². The van der Waals surface area contributed by atoms with E-state index in [1.54, 1.807) is 24.4 Å². The van der Waals surface area contributed by atoms with Crippen LogP contribution in [-0.2, 0) is 6.54 Å². The summed E-state index contributed by atoms with van der Waals surface area (Å²) in [7, 11) is 0. The zero-order valence-corrected chi connectivity index (χ0v) is 14.8. The van der Waals surface area contributed by atoms with Gasteiger partial charge in [-0.15, -0.1) is 0 Å². The van der Waals surface area contributed by atoms with Crippen LogP contribution in [0.3, 0.4) is 0 Å². The minimum Gasteiger partial charge on any atom is -0.361 e. The lowest BCUT2D eigenvalue weighted by molar-refractivity contribution is 0.599. The maximum Gasteiger partial charge on any atom is 0.269 e. The summed E-state index contributed by atoms with van der Waals surface area (Å²) < 4.78 is 16.3. The van der Waals surface area contributed by atoms with Crippen molar-refractivity contribution in [2.45, 2.75) is 6.54 Å². The molecule has 136 valence electrons. The smallest absolute Gasteiger partial charge is 0.269 e. The van der Waals surface area contributed by atoms with Gasteiger partial charge in [0.1, 0.15) is 5.82 Å². The molecule has 5 aromatic rings. The Morgan fingerprint density at radius 2 is 1.86 bits per heavy atom. The van der Waals surface area contributed by atoms with Gasteiger partial charge in [0, 0.05) is 23.5 Å². The molecule has 0 fully saturated rings. The van der Waals surface area contributed by atoms with Gasteiger partial charge in [0.2, 0.25) is 0 Å². The minimum absolute atomic E-state index is 0.118.